The normalized spacial score (nSPS) is 14.9. The molecule has 1 atom stereocenters. The maximum Gasteiger partial charge on any atom is 0.342 e. The van der Waals surface area contributed by atoms with Gasteiger partial charge in [0.1, 0.15) is 23.7 Å². The van der Waals surface area contributed by atoms with Gasteiger partial charge in [-0.2, -0.15) is 0 Å². The van der Waals surface area contributed by atoms with Crippen LogP contribution in [0.3, 0.4) is 0 Å². The average molecular weight is 499 g/mol. The van der Waals surface area contributed by atoms with Gasteiger partial charge in [-0.25, -0.2) is 18.8 Å². The molecular formula is C25H26FN3O7. The molecule has 3 amide bonds. The number of hydrogen-bond acceptors (Lipinski definition) is 7. The predicted molar refractivity (Wildman–Crippen MR) is 127 cm³/mol. The van der Waals surface area contributed by atoms with Gasteiger partial charge in [0.15, 0.2) is 6.61 Å². The molecule has 11 heteroatoms. The zero-order chi connectivity index (χ0) is 26.1. The van der Waals surface area contributed by atoms with Crippen molar-refractivity contribution in [2.75, 3.05) is 25.1 Å². The molecule has 0 saturated carbocycles. The molecule has 2 aromatic carbocycles. The molecule has 0 radical (unpaired) electrons. The molecule has 36 heavy (non-hydrogen) atoms. The van der Waals surface area contributed by atoms with Crippen LogP contribution in [-0.2, 0) is 19.1 Å². The average Bonchev–Trinajstić information content (AvgIpc) is 2.87. The van der Waals surface area contributed by atoms with E-state index in [9.17, 15) is 23.6 Å². The maximum absolute atomic E-state index is 13.7. The van der Waals surface area contributed by atoms with Crippen molar-refractivity contribution in [3.63, 3.8) is 0 Å². The summed E-state index contributed by atoms with van der Waals surface area (Å²) in [6, 6.07) is 10.6. The number of ether oxygens (including phenoxy) is 3. The van der Waals surface area contributed by atoms with E-state index < -0.39 is 48.9 Å². The highest BCUT2D eigenvalue weighted by Crippen LogP contribution is 2.21. The Bertz CT molecular complexity index is 1180. The van der Waals surface area contributed by atoms with Crippen LogP contribution >= 0.6 is 0 Å². The first-order valence-corrected chi connectivity index (χ1v) is 11.2. The Balaban J connectivity index is 1.69. The summed E-state index contributed by atoms with van der Waals surface area (Å²) in [5.41, 5.74) is 0.293. The number of nitrogens with one attached hydrogen (secondary N) is 3. The molecule has 0 aliphatic carbocycles. The van der Waals surface area contributed by atoms with E-state index in [1.165, 1.54) is 30.3 Å². The third-order valence-corrected chi connectivity index (χ3v) is 5.11. The molecule has 1 aliphatic heterocycles. The molecule has 1 heterocycles. The molecule has 0 aromatic heterocycles. The number of halogens is 1. The van der Waals surface area contributed by atoms with Gasteiger partial charge in [0.2, 0.25) is 0 Å². The number of carbonyl (C=O) groups is 4. The summed E-state index contributed by atoms with van der Waals surface area (Å²) >= 11 is 0. The van der Waals surface area contributed by atoms with Gasteiger partial charge in [0, 0.05) is 0 Å². The van der Waals surface area contributed by atoms with Crippen LogP contribution in [0.25, 0.3) is 0 Å². The van der Waals surface area contributed by atoms with E-state index in [0.717, 1.165) is 0 Å². The highest BCUT2D eigenvalue weighted by Gasteiger charge is 2.32. The van der Waals surface area contributed by atoms with Crippen LogP contribution in [0.4, 0.5) is 14.9 Å². The summed E-state index contributed by atoms with van der Waals surface area (Å²) in [7, 11) is 0. The lowest BCUT2D eigenvalue weighted by Crippen LogP contribution is -2.51. The Morgan fingerprint density at radius 1 is 1.00 bits per heavy atom. The maximum atomic E-state index is 13.7. The van der Waals surface area contributed by atoms with E-state index in [1.807, 2.05) is 0 Å². The van der Waals surface area contributed by atoms with Crippen LogP contribution in [0.15, 0.2) is 59.8 Å². The molecule has 3 rings (SSSR count). The minimum atomic E-state index is -0.809. The number of hydrogen-bond donors (Lipinski definition) is 3. The Hall–Kier alpha value is -4.41. The van der Waals surface area contributed by atoms with Crippen molar-refractivity contribution in [3.05, 3.63) is 71.2 Å². The zero-order valence-corrected chi connectivity index (χ0v) is 19.8. The summed E-state index contributed by atoms with van der Waals surface area (Å²) in [4.78, 5) is 49.5. The fourth-order valence-corrected chi connectivity index (χ4v) is 3.44. The molecule has 0 bridgehead atoms. The minimum Gasteiger partial charge on any atom is -0.483 e. The molecule has 0 spiro atoms. The summed E-state index contributed by atoms with van der Waals surface area (Å²) in [6.45, 7) is 2.68. The molecule has 2 aromatic rings. The number of amides is 3. The van der Waals surface area contributed by atoms with Gasteiger partial charge in [-0.15, -0.1) is 0 Å². The second-order valence-corrected chi connectivity index (χ2v) is 7.56. The smallest absolute Gasteiger partial charge is 0.342 e. The lowest BCUT2D eigenvalue weighted by atomic mass is 10.0. The van der Waals surface area contributed by atoms with E-state index in [4.69, 9.17) is 14.2 Å². The number of rotatable bonds is 10. The molecule has 190 valence electrons. The molecule has 3 N–H and O–H groups in total. The zero-order valence-electron chi connectivity index (χ0n) is 19.8. The largest absolute Gasteiger partial charge is 0.483 e. The molecule has 0 saturated heterocycles. The Kier molecular flexibility index (Phi) is 8.98. The number of anilines is 1. The van der Waals surface area contributed by atoms with E-state index in [0.29, 0.717) is 6.42 Å². The summed E-state index contributed by atoms with van der Waals surface area (Å²) < 4.78 is 29.6. The standard InChI is InChI=1S/C25H26FN3O7/c1-3-17-22(24(32)34-4-2)19(29-25(33)28-17)13-36-23(31)15-9-5-8-12-20(15)35-14-21(30)27-18-11-7-6-10-16(18)26/h5-12,17H,3-4,13-14H2,1-2H3,(H,27,30)(H2,28,29,33)/t17-/m1/s1. The third-order valence-electron chi connectivity index (χ3n) is 5.11. The van der Waals surface area contributed by atoms with Crippen molar-refractivity contribution in [2.45, 2.75) is 26.3 Å². The number of urea groups is 1. The number of para-hydroxylation sites is 2. The van der Waals surface area contributed by atoms with E-state index in [1.54, 1.807) is 32.0 Å². The van der Waals surface area contributed by atoms with Gasteiger partial charge in [0.25, 0.3) is 5.91 Å². The molecule has 0 fully saturated rings. The predicted octanol–water partition coefficient (Wildman–Crippen LogP) is 2.91. The van der Waals surface area contributed by atoms with Crippen molar-refractivity contribution in [2.24, 2.45) is 0 Å². The Morgan fingerprint density at radius 2 is 1.72 bits per heavy atom. The van der Waals surface area contributed by atoms with Crippen molar-refractivity contribution in [3.8, 4) is 5.75 Å². The van der Waals surface area contributed by atoms with Crippen LogP contribution in [0.5, 0.6) is 5.75 Å². The van der Waals surface area contributed by atoms with Crippen molar-refractivity contribution >= 4 is 29.6 Å². The quantitative estimate of drug-likeness (QED) is 0.428. The van der Waals surface area contributed by atoms with Crippen LogP contribution < -0.4 is 20.7 Å². The van der Waals surface area contributed by atoms with Gasteiger partial charge in [-0.05, 0) is 37.6 Å². The van der Waals surface area contributed by atoms with Crippen LogP contribution in [0.2, 0.25) is 0 Å². The first-order valence-electron chi connectivity index (χ1n) is 11.2. The fraction of sp³-hybridized carbons (Fsp3) is 0.280. The Morgan fingerprint density at radius 3 is 2.44 bits per heavy atom. The molecular weight excluding hydrogens is 473 g/mol. The summed E-state index contributed by atoms with van der Waals surface area (Å²) in [5, 5.41) is 7.51. The van der Waals surface area contributed by atoms with E-state index in [2.05, 4.69) is 16.0 Å². The van der Waals surface area contributed by atoms with Crippen LogP contribution in [0, 0.1) is 5.82 Å². The highest BCUT2D eigenvalue weighted by atomic mass is 19.1. The van der Waals surface area contributed by atoms with Crippen LogP contribution in [0.1, 0.15) is 30.6 Å². The van der Waals surface area contributed by atoms with Gasteiger partial charge in [0.05, 0.1) is 29.6 Å². The van der Waals surface area contributed by atoms with E-state index >= 15 is 0 Å². The first-order chi connectivity index (χ1) is 17.3. The fourth-order valence-electron chi connectivity index (χ4n) is 3.44. The third kappa shape index (κ3) is 6.59. The number of esters is 2. The number of carbonyl (C=O) groups excluding carboxylic acids is 4. The summed E-state index contributed by atoms with van der Waals surface area (Å²) in [6.07, 6.45) is 0.421. The second kappa shape index (κ2) is 12.3. The first kappa shape index (κ1) is 26.2. The highest BCUT2D eigenvalue weighted by molar-refractivity contribution is 5.96. The Labute approximate surface area is 206 Å². The van der Waals surface area contributed by atoms with Gasteiger partial charge in [-0.1, -0.05) is 31.2 Å². The van der Waals surface area contributed by atoms with Gasteiger partial charge in [-0.3, -0.25) is 4.79 Å². The minimum absolute atomic E-state index is 0.00104. The monoisotopic (exact) mass is 499 g/mol. The van der Waals surface area contributed by atoms with Gasteiger partial charge < -0.3 is 30.2 Å². The summed E-state index contributed by atoms with van der Waals surface area (Å²) in [5.74, 6) is -2.60. The lowest BCUT2D eigenvalue weighted by Gasteiger charge is -2.28. The van der Waals surface area contributed by atoms with Gasteiger partial charge >= 0.3 is 18.0 Å². The van der Waals surface area contributed by atoms with Crippen molar-refractivity contribution in [1.82, 2.24) is 10.6 Å². The molecule has 1 aliphatic rings. The number of benzene rings is 2. The topological polar surface area (TPSA) is 132 Å². The SMILES string of the molecule is CCOC(=O)C1=C(COC(=O)c2ccccc2OCC(=O)Nc2ccccc2F)NC(=O)N[C@@H]1CC. The van der Waals surface area contributed by atoms with Crippen LogP contribution in [-0.4, -0.2) is 49.7 Å². The second-order valence-electron chi connectivity index (χ2n) is 7.56. The molecule has 10 nitrogen and oxygen atoms in total. The lowest BCUT2D eigenvalue weighted by molar-refractivity contribution is -0.139. The van der Waals surface area contributed by atoms with Crippen molar-refractivity contribution in [1.29, 1.82) is 0 Å². The van der Waals surface area contributed by atoms with E-state index in [-0.39, 0.29) is 34.9 Å². The van der Waals surface area contributed by atoms with Crippen molar-refractivity contribution < 1.29 is 37.8 Å². The molecule has 0 unspecified atom stereocenters.